The van der Waals surface area contributed by atoms with Gasteiger partial charge in [0.2, 0.25) is 0 Å². The van der Waals surface area contributed by atoms with E-state index in [4.69, 9.17) is 4.42 Å². The molecule has 1 saturated heterocycles. The number of nitrogens with one attached hydrogen (secondary N) is 2. The van der Waals surface area contributed by atoms with Gasteiger partial charge in [-0.1, -0.05) is 18.2 Å². The van der Waals surface area contributed by atoms with E-state index in [-0.39, 0.29) is 12.1 Å². The average molecular weight is 299 g/mol. The van der Waals surface area contributed by atoms with Gasteiger partial charge in [-0.2, -0.15) is 0 Å². The van der Waals surface area contributed by atoms with Crippen LogP contribution in [-0.4, -0.2) is 30.6 Å². The van der Waals surface area contributed by atoms with Gasteiger partial charge < -0.3 is 15.1 Å². The van der Waals surface area contributed by atoms with Gasteiger partial charge in [0, 0.05) is 12.2 Å². The second-order valence-corrected chi connectivity index (χ2v) is 5.48. The lowest BCUT2D eigenvalue weighted by atomic mass is 10.2. The normalized spacial score (nSPS) is 16.4. The summed E-state index contributed by atoms with van der Waals surface area (Å²) < 4.78 is 5.55. The number of amides is 2. The molecule has 1 atom stereocenters. The van der Waals surface area contributed by atoms with Crippen molar-refractivity contribution in [2.45, 2.75) is 18.9 Å². The molecule has 1 aliphatic heterocycles. The van der Waals surface area contributed by atoms with E-state index in [2.05, 4.69) is 15.5 Å². The molecule has 2 aromatic rings. The summed E-state index contributed by atoms with van der Waals surface area (Å²) in [5.74, 6) is 0.905. The number of hydrogen-bond donors (Lipinski definition) is 2. The first kappa shape index (κ1) is 14.7. The van der Waals surface area contributed by atoms with E-state index >= 15 is 0 Å². The molecule has 2 amide bonds. The van der Waals surface area contributed by atoms with E-state index in [0.29, 0.717) is 6.54 Å². The van der Waals surface area contributed by atoms with Crippen molar-refractivity contribution in [2.75, 3.05) is 25.0 Å². The lowest BCUT2D eigenvalue weighted by molar-refractivity contribution is 0.207. The maximum absolute atomic E-state index is 12.0. The molecule has 116 valence electrons. The van der Waals surface area contributed by atoms with E-state index in [1.807, 2.05) is 42.5 Å². The zero-order valence-electron chi connectivity index (χ0n) is 12.5. The third-order valence-corrected chi connectivity index (χ3v) is 3.94. The van der Waals surface area contributed by atoms with E-state index in [0.717, 1.165) is 24.5 Å². The summed E-state index contributed by atoms with van der Waals surface area (Å²) in [5.41, 5.74) is 0.788. The Morgan fingerprint density at radius 1 is 1.14 bits per heavy atom. The Balaban J connectivity index is 1.58. The summed E-state index contributed by atoms with van der Waals surface area (Å²) in [6, 6.07) is 13.2. The molecular weight excluding hydrogens is 278 g/mol. The first-order valence-corrected chi connectivity index (χ1v) is 7.70. The van der Waals surface area contributed by atoms with Crippen molar-refractivity contribution in [3.8, 4) is 0 Å². The number of urea groups is 1. The number of para-hydroxylation sites is 1. The third kappa shape index (κ3) is 3.68. The Morgan fingerprint density at radius 2 is 1.91 bits per heavy atom. The Bertz CT molecular complexity index is 577. The molecule has 2 heterocycles. The van der Waals surface area contributed by atoms with Crippen LogP contribution in [0.1, 0.15) is 24.6 Å². The molecule has 0 saturated carbocycles. The highest BCUT2D eigenvalue weighted by molar-refractivity contribution is 5.89. The highest BCUT2D eigenvalue weighted by Crippen LogP contribution is 2.24. The van der Waals surface area contributed by atoms with Crippen LogP contribution < -0.4 is 10.6 Å². The van der Waals surface area contributed by atoms with Gasteiger partial charge in [0.1, 0.15) is 5.76 Å². The van der Waals surface area contributed by atoms with Crippen LogP contribution in [0.5, 0.6) is 0 Å². The second-order valence-electron chi connectivity index (χ2n) is 5.48. The predicted octanol–water partition coefficient (Wildman–Crippen LogP) is 3.24. The van der Waals surface area contributed by atoms with E-state index in [1.54, 1.807) is 6.26 Å². The average Bonchev–Trinajstić information content (AvgIpc) is 3.22. The lowest BCUT2D eigenvalue weighted by Crippen LogP contribution is -2.38. The Labute approximate surface area is 130 Å². The largest absolute Gasteiger partial charge is 0.468 e. The van der Waals surface area contributed by atoms with Gasteiger partial charge >= 0.3 is 6.03 Å². The van der Waals surface area contributed by atoms with Crippen molar-refractivity contribution in [2.24, 2.45) is 0 Å². The van der Waals surface area contributed by atoms with Crippen molar-refractivity contribution >= 4 is 11.7 Å². The van der Waals surface area contributed by atoms with Crippen molar-refractivity contribution in [1.82, 2.24) is 10.2 Å². The standard InChI is InChI=1S/C17H21N3O2/c21-17(19-14-7-2-1-3-8-14)18-13-15(16-9-6-12-22-16)20-10-4-5-11-20/h1-3,6-9,12,15H,4-5,10-11,13H2,(H2,18,19,21)/t15-/m0/s1. The first-order valence-electron chi connectivity index (χ1n) is 7.70. The number of furan rings is 1. The molecule has 1 aromatic carbocycles. The summed E-state index contributed by atoms with van der Waals surface area (Å²) in [5, 5.41) is 5.78. The van der Waals surface area contributed by atoms with Crippen molar-refractivity contribution < 1.29 is 9.21 Å². The monoisotopic (exact) mass is 299 g/mol. The molecule has 0 radical (unpaired) electrons. The van der Waals surface area contributed by atoms with Crippen LogP contribution >= 0.6 is 0 Å². The molecule has 1 fully saturated rings. The fourth-order valence-corrected chi connectivity index (χ4v) is 2.83. The van der Waals surface area contributed by atoms with Crippen LogP contribution in [0.2, 0.25) is 0 Å². The van der Waals surface area contributed by atoms with Crippen LogP contribution in [-0.2, 0) is 0 Å². The molecule has 22 heavy (non-hydrogen) atoms. The fourth-order valence-electron chi connectivity index (χ4n) is 2.83. The van der Waals surface area contributed by atoms with Crippen molar-refractivity contribution in [3.05, 3.63) is 54.5 Å². The molecule has 1 aliphatic rings. The lowest BCUT2D eigenvalue weighted by Gasteiger charge is -2.26. The second kappa shape index (κ2) is 7.13. The summed E-state index contributed by atoms with van der Waals surface area (Å²) in [6.07, 6.45) is 4.09. The van der Waals surface area contributed by atoms with Crippen molar-refractivity contribution in [1.29, 1.82) is 0 Å². The van der Waals surface area contributed by atoms with E-state index < -0.39 is 0 Å². The zero-order valence-corrected chi connectivity index (χ0v) is 12.5. The van der Waals surface area contributed by atoms with Gasteiger partial charge in [0.05, 0.1) is 12.3 Å². The maximum atomic E-state index is 12.0. The van der Waals surface area contributed by atoms with Gasteiger partial charge in [-0.3, -0.25) is 4.90 Å². The summed E-state index contributed by atoms with van der Waals surface area (Å²) in [4.78, 5) is 14.4. The molecule has 0 unspecified atom stereocenters. The summed E-state index contributed by atoms with van der Waals surface area (Å²) in [6.45, 7) is 2.63. The van der Waals surface area contributed by atoms with Crippen LogP contribution in [0, 0.1) is 0 Å². The minimum atomic E-state index is -0.193. The maximum Gasteiger partial charge on any atom is 0.319 e. The highest BCUT2D eigenvalue weighted by Gasteiger charge is 2.25. The Hall–Kier alpha value is -2.27. The smallest absolute Gasteiger partial charge is 0.319 e. The molecule has 5 heteroatoms. The summed E-state index contributed by atoms with van der Waals surface area (Å²) >= 11 is 0. The molecule has 1 aromatic heterocycles. The van der Waals surface area contributed by atoms with E-state index in [9.17, 15) is 4.79 Å². The zero-order chi connectivity index (χ0) is 15.2. The summed E-state index contributed by atoms with van der Waals surface area (Å²) in [7, 11) is 0. The van der Waals surface area contributed by atoms with Crippen molar-refractivity contribution in [3.63, 3.8) is 0 Å². The van der Waals surface area contributed by atoms with Crippen LogP contribution in [0.25, 0.3) is 0 Å². The first-order chi connectivity index (χ1) is 10.8. The number of likely N-dealkylation sites (tertiary alicyclic amines) is 1. The molecule has 0 aliphatic carbocycles. The number of hydrogen-bond acceptors (Lipinski definition) is 3. The molecule has 3 rings (SSSR count). The number of rotatable bonds is 5. The number of benzene rings is 1. The predicted molar refractivity (Wildman–Crippen MR) is 85.7 cm³/mol. The van der Waals surface area contributed by atoms with Crippen LogP contribution in [0.4, 0.5) is 10.5 Å². The molecular formula is C17H21N3O2. The van der Waals surface area contributed by atoms with Gasteiger partial charge in [-0.05, 0) is 50.2 Å². The minimum absolute atomic E-state index is 0.0963. The number of carbonyl (C=O) groups is 1. The minimum Gasteiger partial charge on any atom is -0.468 e. The van der Waals surface area contributed by atoms with Gasteiger partial charge in [-0.25, -0.2) is 4.79 Å². The fraction of sp³-hybridized carbons (Fsp3) is 0.353. The quantitative estimate of drug-likeness (QED) is 0.891. The SMILES string of the molecule is O=C(NC[C@@H](c1ccco1)N1CCCC1)Nc1ccccc1. The number of nitrogens with zero attached hydrogens (tertiary/aromatic N) is 1. The topological polar surface area (TPSA) is 57.5 Å². The van der Waals surface area contributed by atoms with E-state index in [1.165, 1.54) is 12.8 Å². The molecule has 2 N–H and O–H groups in total. The Kier molecular flexibility index (Phi) is 4.75. The third-order valence-electron chi connectivity index (χ3n) is 3.94. The van der Waals surface area contributed by atoms with Gasteiger partial charge in [-0.15, -0.1) is 0 Å². The van der Waals surface area contributed by atoms with Crippen LogP contribution in [0.15, 0.2) is 53.1 Å². The number of anilines is 1. The molecule has 0 spiro atoms. The molecule has 0 bridgehead atoms. The number of carbonyl (C=O) groups excluding carboxylic acids is 1. The van der Waals surface area contributed by atoms with Crippen LogP contribution in [0.3, 0.4) is 0 Å². The highest BCUT2D eigenvalue weighted by atomic mass is 16.3. The van der Waals surface area contributed by atoms with Gasteiger partial charge in [0.25, 0.3) is 0 Å². The van der Waals surface area contributed by atoms with Gasteiger partial charge in [0.15, 0.2) is 0 Å². The molecule has 5 nitrogen and oxygen atoms in total. The Morgan fingerprint density at radius 3 is 2.59 bits per heavy atom.